The minimum atomic E-state index is -0.329. The molecule has 0 aromatic carbocycles. The molecule has 7 nitrogen and oxygen atoms in total. The van der Waals surface area contributed by atoms with Gasteiger partial charge in [0.2, 0.25) is 5.91 Å². The Morgan fingerprint density at radius 1 is 0.700 bits per heavy atom. The molecule has 0 saturated heterocycles. The minimum Gasteiger partial charge on any atom is -0.345 e. The Morgan fingerprint density at radius 3 is 1.73 bits per heavy atom. The van der Waals surface area contributed by atoms with Crippen LogP contribution in [0.4, 0.5) is 0 Å². The molecule has 8 heteroatoms. The Morgan fingerprint density at radius 2 is 1.23 bits per heavy atom. The van der Waals surface area contributed by atoms with E-state index in [0.717, 1.165) is 65.0 Å². The molecule has 0 unspecified atom stereocenters. The highest BCUT2D eigenvalue weighted by Gasteiger charge is 2.14. The summed E-state index contributed by atoms with van der Waals surface area (Å²) in [6.45, 7) is 14.5. The zero-order chi connectivity index (χ0) is 22.9. The first-order valence-corrected chi connectivity index (χ1v) is 11.4. The normalized spacial score (nSPS) is 11.5. The van der Waals surface area contributed by atoms with Gasteiger partial charge in [-0.1, -0.05) is 27.2 Å². The van der Waals surface area contributed by atoms with Crippen molar-refractivity contribution < 1.29 is 14.4 Å². The number of unbranched alkanes of at least 4 members (excludes halogenated alkanes) is 2. The lowest BCUT2D eigenvalue weighted by atomic mass is 10.0. The van der Waals surface area contributed by atoms with Crippen molar-refractivity contribution >= 4 is 25.2 Å². The van der Waals surface area contributed by atoms with Gasteiger partial charge in [0.05, 0.1) is 18.8 Å². The van der Waals surface area contributed by atoms with Crippen molar-refractivity contribution in [3.8, 4) is 0 Å². The minimum absolute atomic E-state index is 0.142. The molecule has 172 valence electrons. The fourth-order valence-corrected chi connectivity index (χ4v) is 3.29. The number of carbonyl (C=O) groups excluding carboxylic acids is 3. The number of likely N-dealkylation sites (N-methyl/N-ethyl adjacent to an activating group) is 3. The molecule has 30 heavy (non-hydrogen) atoms. The summed E-state index contributed by atoms with van der Waals surface area (Å²) >= 11 is 0. The van der Waals surface area contributed by atoms with Gasteiger partial charge >= 0.3 is 0 Å². The van der Waals surface area contributed by atoms with Gasteiger partial charge in [0, 0.05) is 33.2 Å². The average molecular weight is 422 g/mol. The molecule has 0 heterocycles. The lowest BCUT2D eigenvalue weighted by molar-refractivity contribution is -0.131. The number of hydrogen-bond donors (Lipinski definition) is 0. The maximum Gasteiger partial charge on any atom is 0.236 e. The van der Waals surface area contributed by atoms with Gasteiger partial charge in [-0.25, -0.2) is 0 Å². The molecule has 0 saturated carbocycles. The predicted octanol–water partition coefficient (Wildman–Crippen LogP) is 1.26. The smallest absolute Gasteiger partial charge is 0.236 e. The monoisotopic (exact) mass is 422 g/mol. The molecule has 0 rings (SSSR count). The molecule has 0 N–H and O–H groups in total. The summed E-state index contributed by atoms with van der Waals surface area (Å²) in [7, 11) is 7.17. The highest BCUT2D eigenvalue weighted by atomic mass is 16.2. The van der Waals surface area contributed by atoms with Gasteiger partial charge in [-0.2, -0.15) is 0 Å². The molecule has 1 amide bonds. The van der Waals surface area contributed by atoms with Crippen LogP contribution in [0.3, 0.4) is 0 Å². The first kappa shape index (κ1) is 28.8. The summed E-state index contributed by atoms with van der Waals surface area (Å²) in [4.78, 5) is 43.2. The summed E-state index contributed by atoms with van der Waals surface area (Å²) in [5, 5.41) is 0. The predicted molar refractivity (Wildman–Crippen MR) is 124 cm³/mol. The van der Waals surface area contributed by atoms with Gasteiger partial charge in [-0.3, -0.25) is 24.3 Å². The maximum atomic E-state index is 12.3. The lowest BCUT2D eigenvalue weighted by Gasteiger charge is -2.27. The highest BCUT2D eigenvalue weighted by Crippen LogP contribution is 2.02. The number of rotatable bonds is 19. The SMILES string of the molecule is [B]C(=O)CN(CC)CCN(CCCCN(CC)CC(=O)N(C)CCCC)CC(C)=O. The fraction of sp³-hybridized carbons (Fsp3) is 0.864. The average Bonchev–Trinajstić information content (AvgIpc) is 2.69. The number of nitrogens with zero attached hydrogens (tertiary/aromatic N) is 4. The molecular weight excluding hydrogens is 379 g/mol. The summed E-state index contributed by atoms with van der Waals surface area (Å²) in [5.74, 6) is 0.321. The summed E-state index contributed by atoms with van der Waals surface area (Å²) in [6, 6.07) is 0. The third-order valence-electron chi connectivity index (χ3n) is 5.28. The third-order valence-corrected chi connectivity index (χ3v) is 5.28. The van der Waals surface area contributed by atoms with E-state index in [1.54, 1.807) is 6.92 Å². The van der Waals surface area contributed by atoms with Crippen LogP contribution in [0.25, 0.3) is 0 Å². The van der Waals surface area contributed by atoms with Crippen LogP contribution in [-0.2, 0) is 14.4 Å². The summed E-state index contributed by atoms with van der Waals surface area (Å²) in [5.41, 5.74) is -0.329. The molecular formula is C22H43BN4O3. The van der Waals surface area contributed by atoms with Crippen molar-refractivity contribution in [2.24, 2.45) is 0 Å². The molecule has 0 atom stereocenters. The Kier molecular flexibility index (Phi) is 16.7. The van der Waals surface area contributed by atoms with E-state index in [2.05, 4.69) is 23.6 Å². The Labute approximate surface area is 185 Å². The number of Topliss-reactive ketones (excluding diaryl/α,β-unsaturated/α-hetero) is 1. The van der Waals surface area contributed by atoms with E-state index in [-0.39, 0.29) is 23.9 Å². The molecule has 0 bridgehead atoms. The molecule has 0 spiro atoms. The van der Waals surface area contributed by atoms with Crippen molar-refractivity contribution in [3.05, 3.63) is 0 Å². The van der Waals surface area contributed by atoms with Gasteiger partial charge in [0.25, 0.3) is 0 Å². The van der Waals surface area contributed by atoms with Crippen LogP contribution in [0.5, 0.6) is 0 Å². The lowest BCUT2D eigenvalue weighted by Crippen LogP contribution is -2.40. The quantitative estimate of drug-likeness (QED) is 0.231. The first-order valence-electron chi connectivity index (χ1n) is 11.4. The van der Waals surface area contributed by atoms with E-state index in [1.165, 1.54) is 0 Å². The summed E-state index contributed by atoms with van der Waals surface area (Å²) in [6.07, 6.45) is 4.07. The van der Waals surface area contributed by atoms with Crippen molar-refractivity contribution in [3.63, 3.8) is 0 Å². The fourth-order valence-electron chi connectivity index (χ4n) is 3.29. The Hall–Kier alpha value is -1.25. The zero-order valence-corrected chi connectivity index (χ0v) is 20.0. The largest absolute Gasteiger partial charge is 0.345 e. The van der Waals surface area contributed by atoms with E-state index in [0.29, 0.717) is 19.6 Å². The molecule has 0 fully saturated rings. The second kappa shape index (κ2) is 17.4. The second-order valence-corrected chi connectivity index (χ2v) is 8.06. The molecule has 0 aliphatic heterocycles. The van der Waals surface area contributed by atoms with Crippen LogP contribution in [-0.4, -0.2) is 117 Å². The molecule has 0 aromatic heterocycles. The van der Waals surface area contributed by atoms with Crippen molar-refractivity contribution in [1.29, 1.82) is 0 Å². The van der Waals surface area contributed by atoms with E-state index in [4.69, 9.17) is 7.85 Å². The van der Waals surface area contributed by atoms with Gasteiger partial charge < -0.3 is 9.69 Å². The second-order valence-electron chi connectivity index (χ2n) is 8.06. The van der Waals surface area contributed by atoms with Crippen molar-refractivity contribution in [2.75, 3.05) is 72.5 Å². The van der Waals surface area contributed by atoms with Crippen LogP contribution in [0, 0.1) is 0 Å². The van der Waals surface area contributed by atoms with Crippen LogP contribution in [0.2, 0.25) is 0 Å². The van der Waals surface area contributed by atoms with Crippen LogP contribution in [0.1, 0.15) is 53.4 Å². The van der Waals surface area contributed by atoms with Crippen LogP contribution in [0.15, 0.2) is 0 Å². The van der Waals surface area contributed by atoms with E-state index >= 15 is 0 Å². The number of hydrogen-bond acceptors (Lipinski definition) is 6. The first-order chi connectivity index (χ1) is 14.2. The van der Waals surface area contributed by atoms with Gasteiger partial charge in [0.1, 0.15) is 5.78 Å². The van der Waals surface area contributed by atoms with E-state index in [1.807, 2.05) is 23.8 Å². The van der Waals surface area contributed by atoms with Crippen LogP contribution >= 0.6 is 0 Å². The maximum absolute atomic E-state index is 12.3. The Bertz CT molecular complexity index is 505. The Balaban J connectivity index is 4.38. The summed E-state index contributed by atoms with van der Waals surface area (Å²) < 4.78 is 0. The van der Waals surface area contributed by atoms with Gasteiger partial charge in [-0.05, 0) is 52.4 Å². The highest BCUT2D eigenvalue weighted by molar-refractivity contribution is 6.58. The van der Waals surface area contributed by atoms with Gasteiger partial charge in [-0.15, -0.1) is 0 Å². The van der Waals surface area contributed by atoms with Crippen LogP contribution < -0.4 is 0 Å². The molecule has 0 aliphatic carbocycles. The van der Waals surface area contributed by atoms with E-state index < -0.39 is 0 Å². The topological polar surface area (TPSA) is 64.2 Å². The number of carbonyl (C=O) groups is 3. The number of amides is 1. The zero-order valence-electron chi connectivity index (χ0n) is 20.0. The van der Waals surface area contributed by atoms with Gasteiger partial charge in [0.15, 0.2) is 7.85 Å². The molecule has 0 aromatic rings. The number of ketones is 1. The van der Waals surface area contributed by atoms with Crippen molar-refractivity contribution in [2.45, 2.75) is 53.4 Å². The standard InChI is InChI=1S/C22H43BN4O3/c1-6-9-12-24(5)22(30)19-25(7-2)13-10-11-14-27(17-20(4)28)16-15-26(8-3)18-21(23)29/h6-19H2,1-5H3. The third kappa shape index (κ3) is 14.7. The van der Waals surface area contributed by atoms with Crippen molar-refractivity contribution in [1.82, 2.24) is 19.6 Å². The van der Waals surface area contributed by atoms with E-state index in [9.17, 15) is 14.4 Å². The molecule has 0 aliphatic rings. The molecule has 2 radical (unpaired) electrons.